The van der Waals surface area contributed by atoms with Crippen molar-refractivity contribution in [3.05, 3.63) is 76.1 Å². The van der Waals surface area contributed by atoms with Crippen molar-refractivity contribution in [1.29, 1.82) is 0 Å². The van der Waals surface area contributed by atoms with E-state index >= 15 is 0 Å². The number of fused-ring (bicyclic) bond motifs is 1. The Balaban J connectivity index is 1.71. The van der Waals surface area contributed by atoms with Gasteiger partial charge in [0.2, 0.25) is 0 Å². The molecular formula is C24H22N8O2. The lowest BCUT2D eigenvalue weighted by molar-refractivity contribution is 0.0997. The van der Waals surface area contributed by atoms with Gasteiger partial charge in [-0.3, -0.25) is 4.79 Å². The normalized spacial score (nSPS) is 11.4. The van der Waals surface area contributed by atoms with Gasteiger partial charge in [-0.25, -0.2) is 19.3 Å². The lowest BCUT2D eigenvalue weighted by Gasteiger charge is -2.13. The van der Waals surface area contributed by atoms with E-state index in [2.05, 4.69) is 30.1 Å². The number of carbonyl (C=O) groups excluding carboxylic acids is 1. The van der Waals surface area contributed by atoms with E-state index in [1.54, 1.807) is 0 Å². The zero-order valence-electron chi connectivity index (χ0n) is 18.8. The van der Waals surface area contributed by atoms with Crippen LogP contribution in [0.4, 0.5) is 0 Å². The smallest absolute Gasteiger partial charge is 0.332 e. The molecule has 5 aromatic rings. The van der Waals surface area contributed by atoms with Gasteiger partial charge in [-0.1, -0.05) is 56.3 Å². The number of aryl methyl sites for hydroxylation is 1. The number of nitrogens with zero attached hydrogens (tertiary/aromatic N) is 5. The third kappa shape index (κ3) is 3.54. The lowest BCUT2D eigenvalue weighted by Crippen LogP contribution is -2.17. The monoisotopic (exact) mass is 454 g/mol. The Morgan fingerprint density at radius 3 is 2.32 bits per heavy atom. The summed E-state index contributed by atoms with van der Waals surface area (Å²) in [5.41, 5.74) is 8.79. The molecule has 170 valence electrons. The summed E-state index contributed by atoms with van der Waals surface area (Å²) in [4.78, 5) is 40.1. The maximum absolute atomic E-state index is 13.0. The Labute approximate surface area is 193 Å². The maximum Gasteiger partial charge on any atom is 0.332 e. The molecule has 5 rings (SSSR count). The van der Waals surface area contributed by atoms with Crippen LogP contribution in [-0.2, 0) is 0 Å². The molecule has 0 aliphatic heterocycles. The van der Waals surface area contributed by atoms with Crippen LogP contribution in [0.25, 0.3) is 39.6 Å². The van der Waals surface area contributed by atoms with Gasteiger partial charge in [-0.05, 0) is 24.5 Å². The van der Waals surface area contributed by atoms with Gasteiger partial charge in [-0.15, -0.1) is 10.2 Å². The Hall–Kier alpha value is -4.60. The van der Waals surface area contributed by atoms with Crippen molar-refractivity contribution < 1.29 is 4.79 Å². The summed E-state index contributed by atoms with van der Waals surface area (Å²) in [6.07, 6.45) is 0. The van der Waals surface area contributed by atoms with E-state index in [1.165, 1.54) is 4.57 Å². The van der Waals surface area contributed by atoms with Crippen LogP contribution < -0.4 is 11.4 Å². The van der Waals surface area contributed by atoms with E-state index in [1.807, 2.05) is 69.3 Å². The van der Waals surface area contributed by atoms with Gasteiger partial charge in [0.25, 0.3) is 5.91 Å². The largest absolute Gasteiger partial charge is 0.364 e. The molecule has 10 heteroatoms. The van der Waals surface area contributed by atoms with Crippen LogP contribution >= 0.6 is 0 Å². The topological polar surface area (TPSA) is 148 Å². The van der Waals surface area contributed by atoms with Gasteiger partial charge < -0.3 is 15.7 Å². The molecule has 3 heterocycles. The predicted molar refractivity (Wildman–Crippen MR) is 128 cm³/mol. The second-order valence-electron chi connectivity index (χ2n) is 8.27. The number of carbonyl (C=O) groups is 1. The highest BCUT2D eigenvalue weighted by Crippen LogP contribution is 2.27. The molecule has 3 aromatic heterocycles. The van der Waals surface area contributed by atoms with E-state index in [4.69, 9.17) is 5.73 Å². The fraction of sp³-hybridized carbons (Fsp3) is 0.167. The number of hydrogen-bond donors (Lipinski definition) is 3. The van der Waals surface area contributed by atoms with Crippen molar-refractivity contribution in [3.63, 3.8) is 0 Å². The molecule has 0 radical (unpaired) electrons. The minimum absolute atomic E-state index is 0.0483. The van der Waals surface area contributed by atoms with Crippen molar-refractivity contribution in [3.8, 4) is 28.5 Å². The fourth-order valence-electron chi connectivity index (χ4n) is 3.95. The molecule has 0 unspecified atom stereocenters. The minimum atomic E-state index is -0.757. The quantitative estimate of drug-likeness (QED) is 0.372. The molecule has 34 heavy (non-hydrogen) atoms. The Morgan fingerprint density at radius 2 is 1.68 bits per heavy atom. The molecule has 4 N–H and O–H groups in total. The number of rotatable bonds is 5. The molecular weight excluding hydrogens is 432 g/mol. The number of amides is 1. The summed E-state index contributed by atoms with van der Waals surface area (Å²) in [5.74, 6) is 1.04. The van der Waals surface area contributed by atoms with Crippen molar-refractivity contribution in [2.45, 2.75) is 26.7 Å². The van der Waals surface area contributed by atoms with Crippen LogP contribution in [0, 0.1) is 6.92 Å². The minimum Gasteiger partial charge on any atom is -0.364 e. The second kappa shape index (κ2) is 8.07. The highest BCUT2D eigenvalue weighted by Gasteiger charge is 2.22. The van der Waals surface area contributed by atoms with Gasteiger partial charge in [0, 0.05) is 11.1 Å². The predicted octanol–water partition coefficient (Wildman–Crippen LogP) is 3.09. The zero-order valence-corrected chi connectivity index (χ0v) is 18.8. The summed E-state index contributed by atoms with van der Waals surface area (Å²) < 4.78 is 1.47. The Bertz CT molecular complexity index is 1590. The Kier molecular flexibility index (Phi) is 5.05. The molecule has 0 saturated heterocycles. The molecule has 0 aliphatic rings. The average Bonchev–Trinajstić information content (AvgIpc) is 3.40. The average molecular weight is 454 g/mol. The first-order chi connectivity index (χ1) is 16.3. The number of nitrogens with one attached hydrogen (secondary N) is 2. The van der Waals surface area contributed by atoms with Crippen LogP contribution in [0.15, 0.2) is 53.3 Å². The molecule has 10 nitrogen and oxygen atoms in total. The van der Waals surface area contributed by atoms with E-state index in [0.29, 0.717) is 22.9 Å². The third-order valence-electron chi connectivity index (χ3n) is 5.59. The van der Waals surface area contributed by atoms with Crippen LogP contribution in [-0.4, -0.2) is 40.6 Å². The molecule has 1 amide bonds. The number of primary amides is 1. The van der Waals surface area contributed by atoms with Crippen molar-refractivity contribution >= 4 is 17.1 Å². The maximum atomic E-state index is 13.0. The van der Waals surface area contributed by atoms with Gasteiger partial charge >= 0.3 is 5.69 Å². The molecule has 2 aromatic carbocycles. The summed E-state index contributed by atoms with van der Waals surface area (Å²) in [5, 5.41) is 8.08. The number of aromatic nitrogens is 7. The van der Waals surface area contributed by atoms with Gasteiger partial charge in [0.1, 0.15) is 11.3 Å². The van der Waals surface area contributed by atoms with E-state index in [-0.39, 0.29) is 28.6 Å². The molecule has 0 aliphatic carbocycles. The van der Waals surface area contributed by atoms with E-state index < -0.39 is 11.6 Å². The third-order valence-corrected chi connectivity index (χ3v) is 5.59. The number of H-pyrrole nitrogens is 2. The number of imidazole rings is 1. The first-order valence-electron chi connectivity index (χ1n) is 10.8. The second-order valence-corrected chi connectivity index (χ2v) is 8.27. The fourth-order valence-corrected chi connectivity index (χ4v) is 3.95. The van der Waals surface area contributed by atoms with Crippen molar-refractivity contribution in [2.75, 3.05) is 0 Å². The van der Waals surface area contributed by atoms with Gasteiger partial charge in [0.05, 0.1) is 5.69 Å². The molecule has 0 atom stereocenters. The first kappa shape index (κ1) is 21.3. The lowest BCUT2D eigenvalue weighted by atomic mass is 10.0. The van der Waals surface area contributed by atoms with E-state index in [0.717, 1.165) is 11.1 Å². The highest BCUT2D eigenvalue weighted by molar-refractivity contribution is 6.02. The summed E-state index contributed by atoms with van der Waals surface area (Å²) in [6.45, 7) is 5.92. The summed E-state index contributed by atoms with van der Waals surface area (Å²) in [6, 6.07) is 14.9. The summed E-state index contributed by atoms with van der Waals surface area (Å²) >= 11 is 0. The van der Waals surface area contributed by atoms with Crippen molar-refractivity contribution in [2.24, 2.45) is 5.73 Å². The summed E-state index contributed by atoms with van der Waals surface area (Å²) in [7, 11) is 0. The Morgan fingerprint density at radius 1 is 0.971 bits per heavy atom. The molecule has 0 saturated carbocycles. The zero-order chi connectivity index (χ0) is 24.0. The highest BCUT2D eigenvalue weighted by atomic mass is 16.2. The number of hydrogen-bond acceptors (Lipinski definition) is 6. The standard InChI is InChI=1S/C24H22N8O2/c1-12(2)16-6-4-5-7-17(16)32-23-19(28-24(32)34)18(20(25)33)27-21(29-23)14-8-10-15(11-9-14)22-26-13(3)30-31-22/h4-12H,1-3H3,(H2,25,33)(H,28,34)(H,26,30,31). The first-order valence-corrected chi connectivity index (χ1v) is 10.8. The van der Waals surface area contributed by atoms with Crippen LogP contribution in [0.3, 0.4) is 0 Å². The van der Waals surface area contributed by atoms with Gasteiger partial charge in [-0.2, -0.15) is 0 Å². The SMILES string of the molecule is Cc1nnc(-c2ccc(-c3nc(C(N)=O)c4[nH]c(=O)n(-c5ccccc5C(C)C)c4n3)cc2)[nH]1. The van der Waals surface area contributed by atoms with Crippen molar-refractivity contribution in [1.82, 2.24) is 34.7 Å². The van der Waals surface area contributed by atoms with Crippen LogP contribution in [0.1, 0.15) is 41.6 Å². The van der Waals surface area contributed by atoms with Crippen LogP contribution in [0.2, 0.25) is 0 Å². The van der Waals surface area contributed by atoms with Crippen LogP contribution in [0.5, 0.6) is 0 Å². The number of nitrogens with two attached hydrogens (primary N) is 1. The molecule has 0 fully saturated rings. The number of para-hydroxylation sites is 1. The van der Waals surface area contributed by atoms with Gasteiger partial charge in [0.15, 0.2) is 23.0 Å². The molecule has 0 bridgehead atoms. The number of benzene rings is 2. The van der Waals surface area contributed by atoms with E-state index in [9.17, 15) is 9.59 Å². The molecule has 0 spiro atoms. The number of aromatic amines is 2.